The number of benzene rings is 1. The van der Waals surface area contributed by atoms with E-state index < -0.39 is 46.8 Å². The summed E-state index contributed by atoms with van der Waals surface area (Å²) < 4.78 is 43.5. The highest BCUT2D eigenvalue weighted by Gasteiger charge is 2.40. The molecular weight excluding hydrogens is 520 g/mol. The summed E-state index contributed by atoms with van der Waals surface area (Å²) in [6, 6.07) is -0.365. The number of nitrogens with one attached hydrogen (secondary N) is 1. The number of alkyl carbamates (subject to hydrolysis) is 1. The van der Waals surface area contributed by atoms with Crippen LogP contribution >= 0.6 is 11.8 Å². The van der Waals surface area contributed by atoms with E-state index >= 15 is 8.78 Å². The van der Waals surface area contributed by atoms with Crippen LogP contribution < -0.4 is 15.6 Å². The molecule has 0 unspecified atom stereocenters. The van der Waals surface area contributed by atoms with Crippen LogP contribution in [0.2, 0.25) is 0 Å². The highest BCUT2D eigenvalue weighted by molar-refractivity contribution is 8.13. The van der Waals surface area contributed by atoms with Crippen molar-refractivity contribution in [1.29, 1.82) is 0 Å². The summed E-state index contributed by atoms with van der Waals surface area (Å²) in [5.74, 6) is -2.62. The van der Waals surface area contributed by atoms with E-state index in [2.05, 4.69) is 5.32 Å². The van der Waals surface area contributed by atoms with Gasteiger partial charge in [-0.05, 0) is 46.1 Å². The maximum Gasteiger partial charge on any atom is 0.407 e. The third kappa shape index (κ3) is 5.64. The quantitative estimate of drug-likeness (QED) is 0.534. The number of nitrogens with zero attached hydrogens (tertiary/aromatic N) is 2. The third-order valence-corrected chi connectivity index (χ3v) is 7.44. The molecule has 206 valence electrons. The number of fused-ring (bicyclic) bond motifs is 1. The number of rotatable bonds is 6. The first-order chi connectivity index (χ1) is 17.8. The number of pyridine rings is 1. The summed E-state index contributed by atoms with van der Waals surface area (Å²) >= 11 is 0.990. The van der Waals surface area contributed by atoms with Crippen LogP contribution in [0, 0.1) is 11.6 Å². The van der Waals surface area contributed by atoms with Crippen molar-refractivity contribution in [1.82, 2.24) is 9.88 Å². The molecule has 1 saturated heterocycles. The lowest BCUT2D eigenvalue weighted by molar-refractivity contribution is -0.109. The summed E-state index contributed by atoms with van der Waals surface area (Å²) in [6.07, 6.45) is 2.40. The predicted octanol–water partition coefficient (Wildman–Crippen LogP) is 4.15. The molecule has 12 heteroatoms. The largest absolute Gasteiger partial charge is 0.465 e. The number of methoxy groups -OCH3 is 1. The van der Waals surface area contributed by atoms with Crippen molar-refractivity contribution >= 4 is 45.5 Å². The van der Waals surface area contributed by atoms with Crippen molar-refractivity contribution in [3.8, 4) is 0 Å². The summed E-state index contributed by atoms with van der Waals surface area (Å²) in [4.78, 5) is 50.9. The summed E-state index contributed by atoms with van der Waals surface area (Å²) in [7, 11) is 1.13. The first kappa shape index (κ1) is 27.9. The monoisotopic (exact) mass is 551 g/mol. The summed E-state index contributed by atoms with van der Waals surface area (Å²) in [5, 5.41) is 2.35. The second kappa shape index (κ2) is 10.5. The Morgan fingerprint density at radius 1 is 1.18 bits per heavy atom. The molecule has 4 rings (SSSR count). The van der Waals surface area contributed by atoms with Crippen LogP contribution in [0.1, 0.15) is 63.4 Å². The Balaban J connectivity index is 1.80. The first-order valence-electron chi connectivity index (χ1n) is 12.4. The Labute approximate surface area is 222 Å². The fourth-order valence-corrected chi connectivity index (χ4v) is 5.58. The van der Waals surface area contributed by atoms with E-state index in [9.17, 15) is 19.2 Å². The van der Waals surface area contributed by atoms with Crippen molar-refractivity contribution in [2.45, 2.75) is 70.7 Å². The normalized spacial score (nSPS) is 19.5. The van der Waals surface area contributed by atoms with Gasteiger partial charge in [0.2, 0.25) is 5.43 Å². The SMILES string of the molecule is COC(=O)c1cn(C2CC2)c2c(F)c(N3CC[C@@H](NC(=O)OC(C)(C)C)[C@H]3CSC(C)=O)c(F)cc2c1=O. The van der Waals surface area contributed by atoms with E-state index in [0.29, 0.717) is 19.3 Å². The molecule has 1 N–H and O–H groups in total. The second-order valence-corrected chi connectivity index (χ2v) is 11.7. The van der Waals surface area contributed by atoms with Gasteiger partial charge in [-0.15, -0.1) is 0 Å². The van der Waals surface area contributed by atoms with E-state index in [4.69, 9.17) is 9.47 Å². The van der Waals surface area contributed by atoms with Crippen molar-refractivity contribution in [2.75, 3.05) is 24.3 Å². The Hall–Kier alpha value is -3.15. The molecule has 1 amide bonds. The number of hydrogen-bond donors (Lipinski definition) is 1. The molecule has 2 aromatic rings. The maximum absolute atomic E-state index is 16.3. The van der Waals surface area contributed by atoms with Gasteiger partial charge in [-0.1, -0.05) is 11.8 Å². The molecular formula is C26H31F2N3O6S. The van der Waals surface area contributed by atoms with Crippen molar-refractivity contribution in [3.05, 3.63) is 39.7 Å². The molecule has 2 atom stereocenters. The Morgan fingerprint density at radius 2 is 1.87 bits per heavy atom. The Kier molecular flexibility index (Phi) is 7.74. The van der Waals surface area contributed by atoms with Crippen LogP contribution in [0.5, 0.6) is 0 Å². The number of thioether (sulfide) groups is 1. The molecule has 0 bridgehead atoms. The zero-order valence-electron chi connectivity index (χ0n) is 21.9. The van der Waals surface area contributed by atoms with E-state index in [0.717, 1.165) is 24.9 Å². The van der Waals surface area contributed by atoms with Gasteiger partial charge < -0.3 is 24.3 Å². The zero-order chi connectivity index (χ0) is 27.9. The number of anilines is 1. The minimum absolute atomic E-state index is 0.0944. The zero-order valence-corrected chi connectivity index (χ0v) is 22.7. The lowest BCUT2D eigenvalue weighted by Gasteiger charge is -2.31. The van der Waals surface area contributed by atoms with Crippen LogP contribution in [-0.2, 0) is 14.3 Å². The highest BCUT2D eigenvalue weighted by atomic mass is 32.2. The number of halogens is 2. The van der Waals surface area contributed by atoms with E-state index in [1.165, 1.54) is 22.6 Å². The first-order valence-corrected chi connectivity index (χ1v) is 13.4. The molecule has 0 spiro atoms. The molecule has 1 aromatic heterocycles. The number of esters is 1. The fourth-order valence-electron chi connectivity index (χ4n) is 4.76. The molecule has 2 heterocycles. The third-order valence-electron chi connectivity index (χ3n) is 6.52. The topological polar surface area (TPSA) is 107 Å². The molecule has 9 nitrogen and oxygen atoms in total. The summed E-state index contributed by atoms with van der Waals surface area (Å²) in [5.41, 5.74) is -2.29. The molecule has 2 aliphatic rings. The van der Waals surface area contributed by atoms with Gasteiger partial charge >= 0.3 is 12.1 Å². The average molecular weight is 552 g/mol. The molecule has 1 aliphatic carbocycles. The number of hydrogen-bond acceptors (Lipinski definition) is 8. The van der Waals surface area contributed by atoms with Crippen molar-refractivity contribution in [2.24, 2.45) is 0 Å². The Bertz CT molecular complexity index is 1350. The number of ether oxygens (including phenoxy) is 2. The van der Waals surface area contributed by atoms with E-state index in [1.54, 1.807) is 20.8 Å². The van der Waals surface area contributed by atoms with Gasteiger partial charge in [0.1, 0.15) is 22.7 Å². The van der Waals surface area contributed by atoms with Crippen LogP contribution in [0.3, 0.4) is 0 Å². The average Bonchev–Trinajstić information content (AvgIpc) is 3.59. The van der Waals surface area contributed by atoms with Gasteiger partial charge in [0.15, 0.2) is 10.9 Å². The standard InChI is InChI=1S/C26H31F2N3O6S/c1-13(32)38-12-19-18(29-25(35)37-26(2,3)4)8-9-30(19)22-17(27)10-15-21(20(22)28)31(14-6-7-14)11-16(23(15)33)24(34)36-5/h10-11,14,18-19H,6-9,12H2,1-5H3,(H,29,35)/t18-,19-/m1/s1. The van der Waals surface area contributed by atoms with Gasteiger partial charge in [-0.2, -0.15) is 0 Å². The summed E-state index contributed by atoms with van der Waals surface area (Å²) in [6.45, 7) is 6.76. The van der Waals surface area contributed by atoms with Gasteiger partial charge in [-0.3, -0.25) is 9.59 Å². The molecule has 0 radical (unpaired) electrons. The number of amides is 1. The molecule has 1 aliphatic heterocycles. The molecule has 2 fully saturated rings. The van der Waals surface area contributed by atoms with Crippen LogP contribution in [-0.4, -0.2) is 58.8 Å². The van der Waals surface area contributed by atoms with Crippen LogP contribution in [0.15, 0.2) is 17.1 Å². The van der Waals surface area contributed by atoms with Gasteiger partial charge in [0.05, 0.1) is 30.1 Å². The molecule has 38 heavy (non-hydrogen) atoms. The fraction of sp³-hybridized carbons (Fsp3) is 0.538. The van der Waals surface area contributed by atoms with Gasteiger partial charge in [0.25, 0.3) is 0 Å². The van der Waals surface area contributed by atoms with Crippen molar-refractivity contribution in [3.63, 3.8) is 0 Å². The van der Waals surface area contributed by atoms with E-state index in [1.807, 2.05) is 0 Å². The van der Waals surface area contributed by atoms with Crippen LogP contribution in [0.25, 0.3) is 10.9 Å². The molecule has 1 saturated carbocycles. The lowest BCUT2D eigenvalue weighted by atomic mass is 10.1. The lowest BCUT2D eigenvalue weighted by Crippen LogP contribution is -2.48. The smallest absolute Gasteiger partial charge is 0.407 e. The van der Waals surface area contributed by atoms with Crippen molar-refractivity contribution < 1.29 is 32.6 Å². The Morgan fingerprint density at radius 3 is 2.45 bits per heavy atom. The highest BCUT2D eigenvalue weighted by Crippen LogP contribution is 2.41. The minimum Gasteiger partial charge on any atom is -0.465 e. The number of carbonyl (C=O) groups excluding carboxylic acids is 3. The maximum atomic E-state index is 16.3. The van der Waals surface area contributed by atoms with Crippen LogP contribution in [0.4, 0.5) is 19.3 Å². The van der Waals surface area contributed by atoms with E-state index in [-0.39, 0.29) is 45.6 Å². The second-order valence-electron chi connectivity index (χ2n) is 10.5. The number of aromatic nitrogens is 1. The van der Waals surface area contributed by atoms with Gasteiger partial charge in [0, 0.05) is 31.5 Å². The minimum atomic E-state index is -0.979. The predicted molar refractivity (Wildman–Crippen MR) is 140 cm³/mol. The number of carbonyl (C=O) groups is 3. The molecule has 1 aromatic carbocycles. The van der Waals surface area contributed by atoms with Gasteiger partial charge in [-0.25, -0.2) is 18.4 Å².